The minimum Gasteiger partial charge on any atom is -0.460 e. The van der Waals surface area contributed by atoms with Gasteiger partial charge < -0.3 is 9.73 Å². The summed E-state index contributed by atoms with van der Waals surface area (Å²) in [6.45, 7) is 7.95. The summed E-state index contributed by atoms with van der Waals surface area (Å²) < 4.78 is 5.66. The molecule has 3 aromatic rings. The molecule has 0 radical (unpaired) electrons. The molecule has 0 saturated heterocycles. The molecule has 0 aliphatic rings. The Morgan fingerprint density at radius 3 is 2.91 bits per heavy atom. The van der Waals surface area contributed by atoms with Gasteiger partial charge in [0.25, 0.3) is 0 Å². The summed E-state index contributed by atoms with van der Waals surface area (Å²) >= 11 is 1.75. The molecule has 5 nitrogen and oxygen atoms in total. The van der Waals surface area contributed by atoms with Gasteiger partial charge >= 0.3 is 0 Å². The van der Waals surface area contributed by atoms with Crippen LogP contribution >= 0.6 is 11.3 Å². The van der Waals surface area contributed by atoms with Crippen LogP contribution in [-0.4, -0.2) is 21.7 Å². The van der Waals surface area contributed by atoms with E-state index in [0.29, 0.717) is 5.92 Å². The van der Waals surface area contributed by atoms with Crippen molar-refractivity contribution >= 4 is 11.3 Å². The third-order valence-electron chi connectivity index (χ3n) is 3.64. The van der Waals surface area contributed by atoms with Crippen LogP contribution in [0.2, 0.25) is 0 Å². The highest BCUT2D eigenvalue weighted by atomic mass is 32.1. The Bertz CT molecular complexity index is 756. The van der Waals surface area contributed by atoms with Crippen LogP contribution in [0.15, 0.2) is 28.1 Å². The molecule has 0 saturated carbocycles. The molecule has 3 rings (SSSR count). The normalized spacial score (nSPS) is 11.5. The highest BCUT2D eigenvalue weighted by Crippen LogP contribution is 2.23. The van der Waals surface area contributed by atoms with Crippen LogP contribution in [0.1, 0.15) is 41.8 Å². The maximum Gasteiger partial charge on any atom is 0.152 e. The van der Waals surface area contributed by atoms with E-state index in [1.165, 1.54) is 10.7 Å². The molecule has 23 heavy (non-hydrogen) atoms. The average Bonchev–Trinajstić information content (AvgIpc) is 3.23. The number of aryl methyl sites for hydroxylation is 1. The number of thiazole rings is 1. The molecular weight excluding hydrogens is 308 g/mol. The summed E-state index contributed by atoms with van der Waals surface area (Å²) in [5, 5.41) is 14.0. The Morgan fingerprint density at radius 2 is 2.22 bits per heavy atom. The van der Waals surface area contributed by atoms with Crippen molar-refractivity contribution in [1.29, 1.82) is 0 Å². The van der Waals surface area contributed by atoms with Gasteiger partial charge in [-0.15, -0.1) is 11.3 Å². The Morgan fingerprint density at radius 1 is 1.35 bits per heavy atom. The molecular formula is C17H22N4OS. The number of aromatic nitrogens is 3. The second-order valence-electron chi connectivity index (χ2n) is 5.94. The van der Waals surface area contributed by atoms with E-state index in [-0.39, 0.29) is 0 Å². The van der Waals surface area contributed by atoms with Crippen molar-refractivity contribution in [3.8, 4) is 11.5 Å². The summed E-state index contributed by atoms with van der Waals surface area (Å²) in [5.74, 6) is 2.24. The molecule has 0 spiro atoms. The number of nitrogens with one attached hydrogen (secondary N) is 2. The molecule has 0 bridgehead atoms. The maximum absolute atomic E-state index is 5.66. The van der Waals surface area contributed by atoms with Gasteiger partial charge in [-0.25, -0.2) is 4.98 Å². The summed E-state index contributed by atoms with van der Waals surface area (Å²) in [7, 11) is 0. The Balaban J connectivity index is 1.52. The number of H-pyrrole nitrogens is 1. The molecule has 0 fully saturated rings. The molecule has 0 atom stereocenters. The zero-order valence-corrected chi connectivity index (χ0v) is 14.5. The second kappa shape index (κ2) is 7.10. The topological polar surface area (TPSA) is 66.7 Å². The van der Waals surface area contributed by atoms with E-state index in [2.05, 4.69) is 39.7 Å². The quantitative estimate of drug-likeness (QED) is 0.645. The third-order valence-corrected chi connectivity index (χ3v) is 4.84. The van der Waals surface area contributed by atoms with Gasteiger partial charge in [0.2, 0.25) is 0 Å². The first-order valence-corrected chi connectivity index (χ1v) is 8.75. The van der Waals surface area contributed by atoms with E-state index < -0.39 is 0 Å². The van der Waals surface area contributed by atoms with E-state index in [9.17, 15) is 0 Å². The lowest BCUT2D eigenvalue weighted by atomic mass is 10.2. The van der Waals surface area contributed by atoms with Crippen LogP contribution in [-0.2, 0) is 13.0 Å². The SMILES string of the molecule is Cc1ccc(-c2[nH]ncc2CNCCc2csc(C(C)C)n2)o1. The molecule has 122 valence electrons. The van der Waals surface area contributed by atoms with Crippen molar-refractivity contribution in [2.75, 3.05) is 6.54 Å². The lowest BCUT2D eigenvalue weighted by Gasteiger charge is -2.03. The first kappa shape index (κ1) is 16.0. The highest BCUT2D eigenvalue weighted by molar-refractivity contribution is 7.09. The van der Waals surface area contributed by atoms with Crippen molar-refractivity contribution in [3.63, 3.8) is 0 Å². The number of hydrogen-bond donors (Lipinski definition) is 2. The third kappa shape index (κ3) is 3.89. The molecule has 0 aliphatic carbocycles. The zero-order valence-electron chi connectivity index (χ0n) is 13.7. The fourth-order valence-corrected chi connectivity index (χ4v) is 3.24. The molecule has 0 aliphatic heterocycles. The van der Waals surface area contributed by atoms with Gasteiger partial charge in [-0.2, -0.15) is 5.10 Å². The van der Waals surface area contributed by atoms with Gasteiger partial charge in [0.1, 0.15) is 11.5 Å². The van der Waals surface area contributed by atoms with E-state index in [1.54, 1.807) is 11.3 Å². The Kier molecular flexibility index (Phi) is 4.93. The summed E-state index contributed by atoms with van der Waals surface area (Å²) in [6.07, 6.45) is 2.79. The second-order valence-corrected chi connectivity index (χ2v) is 6.83. The Labute approximate surface area is 140 Å². The molecule has 0 amide bonds. The van der Waals surface area contributed by atoms with Gasteiger partial charge in [-0.3, -0.25) is 5.10 Å². The Hall–Kier alpha value is -1.92. The molecule has 3 aromatic heterocycles. The van der Waals surface area contributed by atoms with Crippen LogP contribution in [0.25, 0.3) is 11.5 Å². The number of rotatable bonds is 7. The molecule has 6 heteroatoms. The van der Waals surface area contributed by atoms with E-state index in [1.807, 2.05) is 25.3 Å². The van der Waals surface area contributed by atoms with Crippen molar-refractivity contribution < 1.29 is 4.42 Å². The van der Waals surface area contributed by atoms with E-state index >= 15 is 0 Å². The van der Waals surface area contributed by atoms with Crippen molar-refractivity contribution in [3.05, 3.63) is 45.7 Å². The predicted octanol–water partition coefficient (Wildman–Crippen LogP) is 3.89. The van der Waals surface area contributed by atoms with Gasteiger partial charge in [0.05, 0.1) is 16.9 Å². The van der Waals surface area contributed by atoms with Gasteiger partial charge in [-0.1, -0.05) is 13.8 Å². The van der Waals surface area contributed by atoms with Crippen LogP contribution < -0.4 is 5.32 Å². The molecule has 0 aromatic carbocycles. The number of furan rings is 1. The highest BCUT2D eigenvalue weighted by Gasteiger charge is 2.11. The fraction of sp³-hybridized carbons (Fsp3) is 0.412. The zero-order chi connectivity index (χ0) is 16.2. The van der Waals surface area contributed by atoms with E-state index in [4.69, 9.17) is 4.42 Å². The lowest BCUT2D eigenvalue weighted by molar-refractivity contribution is 0.545. The van der Waals surface area contributed by atoms with Crippen molar-refractivity contribution in [2.24, 2.45) is 0 Å². The summed E-state index contributed by atoms with van der Waals surface area (Å²) in [6, 6.07) is 3.93. The number of aromatic amines is 1. The van der Waals surface area contributed by atoms with Crippen LogP contribution in [0, 0.1) is 6.92 Å². The van der Waals surface area contributed by atoms with Crippen molar-refractivity contribution in [2.45, 2.75) is 39.7 Å². The van der Waals surface area contributed by atoms with Crippen LogP contribution in [0.4, 0.5) is 0 Å². The largest absolute Gasteiger partial charge is 0.460 e. The standard InChI is InChI=1S/C17H22N4OS/c1-11(2)17-20-14(10-23-17)6-7-18-8-13-9-19-21-16(13)15-5-4-12(3)22-15/h4-5,9-11,18H,6-8H2,1-3H3,(H,19,21). The minimum atomic E-state index is 0.506. The first-order chi connectivity index (χ1) is 11.1. The van der Waals surface area contributed by atoms with Crippen molar-refractivity contribution in [1.82, 2.24) is 20.5 Å². The smallest absolute Gasteiger partial charge is 0.152 e. The number of nitrogens with zero attached hydrogens (tertiary/aromatic N) is 2. The molecule has 3 heterocycles. The average molecular weight is 330 g/mol. The van der Waals surface area contributed by atoms with Crippen LogP contribution in [0.5, 0.6) is 0 Å². The molecule has 2 N–H and O–H groups in total. The lowest BCUT2D eigenvalue weighted by Crippen LogP contribution is -2.17. The first-order valence-electron chi connectivity index (χ1n) is 7.87. The predicted molar refractivity (Wildman–Crippen MR) is 92.6 cm³/mol. The number of hydrogen-bond acceptors (Lipinski definition) is 5. The van der Waals surface area contributed by atoms with Gasteiger partial charge in [0, 0.05) is 36.4 Å². The van der Waals surface area contributed by atoms with Gasteiger partial charge in [0.15, 0.2) is 5.76 Å². The molecule has 0 unspecified atom stereocenters. The maximum atomic E-state index is 5.66. The van der Waals surface area contributed by atoms with E-state index in [0.717, 1.165) is 42.3 Å². The summed E-state index contributed by atoms with van der Waals surface area (Å²) in [5.41, 5.74) is 3.22. The van der Waals surface area contributed by atoms with Gasteiger partial charge in [-0.05, 0) is 19.1 Å². The fourth-order valence-electron chi connectivity index (χ4n) is 2.37. The van der Waals surface area contributed by atoms with Crippen LogP contribution in [0.3, 0.4) is 0 Å². The summed E-state index contributed by atoms with van der Waals surface area (Å²) in [4.78, 5) is 4.66. The monoisotopic (exact) mass is 330 g/mol. The minimum absolute atomic E-state index is 0.506.